The van der Waals surface area contributed by atoms with Gasteiger partial charge in [0.2, 0.25) is 0 Å². The van der Waals surface area contributed by atoms with Gasteiger partial charge in [-0.25, -0.2) is 4.79 Å². The van der Waals surface area contributed by atoms with Crippen LogP contribution in [0.4, 0.5) is 11.4 Å². The minimum atomic E-state index is -1.17. The van der Waals surface area contributed by atoms with Crippen molar-refractivity contribution in [3.8, 4) is 0 Å². The third-order valence-electron chi connectivity index (χ3n) is 3.52. The van der Waals surface area contributed by atoms with E-state index in [1.165, 1.54) is 0 Å². The topological polar surface area (TPSA) is 142 Å². The van der Waals surface area contributed by atoms with E-state index in [0.717, 1.165) is 18.2 Å². The first-order chi connectivity index (χ1) is 12.8. The van der Waals surface area contributed by atoms with Crippen LogP contribution in [0.15, 0.2) is 48.5 Å². The molecule has 0 spiro atoms. The Morgan fingerprint density at radius 2 is 1.59 bits per heavy atom. The Labute approximate surface area is 153 Å². The van der Waals surface area contributed by atoms with Crippen LogP contribution in [-0.4, -0.2) is 28.3 Å². The van der Waals surface area contributed by atoms with Gasteiger partial charge in [-0.1, -0.05) is 30.3 Å². The molecule has 27 heavy (non-hydrogen) atoms. The van der Waals surface area contributed by atoms with Crippen molar-refractivity contribution in [2.75, 3.05) is 6.61 Å². The number of carbonyl (C=O) groups is 2. The maximum Gasteiger partial charge on any atom is 0.333 e. The molecule has 0 aromatic heterocycles. The lowest BCUT2D eigenvalue weighted by atomic mass is 10.1. The van der Waals surface area contributed by atoms with E-state index < -0.39 is 39.1 Å². The molecule has 10 heteroatoms. The molecule has 1 amide bonds. The van der Waals surface area contributed by atoms with Gasteiger partial charge in [0.25, 0.3) is 17.3 Å². The molecule has 2 aromatic rings. The van der Waals surface area contributed by atoms with Gasteiger partial charge in [0.1, 0.15) is 0 Å². The molecule has 0 fully saturated rings. The number of nitro groups is 2. The summed E-state index contributed by atoms with van der Waals surface area (Å²) in [7, 11) is 0. The van der Waals surface area contributed by atoms with Gasteiger partial charge in [0, 0.05) is 12.1 Å². The molecular weight excluding hydrogens is 358 g/mol. The van der Waals surface area contributed by atoms with E-state index in [0.29, 0.717) is 5.56 Å². The number of amides is 1. The Balaban J connectivity index is 2.38. The number of non-ortho nitro benzene ring substituents is 2. The number of nitrogens with one attached hydrogen (secondary N) is 1. The minimum absolute atomic E-state index is 0.0836. The Bertz CT molecular complexity index is 851. The van der Waals surface area contributed by atoms with Crippen molar-refractivity contribution in [1.29, 1.82) is 0 Å². The first kappa shape index (κ1) is 19.5. The summed E-state index contributed by atoms with van der Waals surface area (Å²) in [5, 5.41) is 24.3. The van der Waals surface area contributed by atoms with E-state index in [2.05, 4.69) is 5.32 Å². The highest BCUT2D eigenvalue weighted by Crippen LogP contribution is 2.23. The third-order valence-corrected chi connectivity index (χ3v) is 3.52. The number of ether oxygens (including phenoxy) is 1. The third kappa shape index (κ3) is 4.84. The molecule has 1 atom stereocenters. The molecule has 1 unspecified atom stereocenters. The number of hydrogen-bond acceptors (Lipinski definition) is 7. The first-order valence-electron chi connectivity index (χ1n) is 7.79. The van der Waals surface area contributed by atoms with Gasteiger partial charge < -0.3 is 10.1 Å². The lowest BCUT2D eigenvalue weighted by molar-refractivity contribution is -0.394. The summed E-state index contributed by atoms with van der Waals surface area (Å²) in [6, 6.07) is 9.60. The van der Waals surface area contributed by atoms with Crippen molar-refractivity contribution in [3.63, 3.8) is 0 Å². The molecule has 2 aromatic carbocycles. The Hall–Kier alpha value is -3.82. The van der Waals surface area contributed by atoms with Crippen LogP contribution in [0.1, 0.15) is 28.9 Å². The van der Waals surface area contributed by atoms with Crippen LogP contribution in [-0.2, 0) is 9.53 Å². The van der Waals surface area contributed by atoms with E-state index in [1.54, 1.807) is 37.3 Å². The van der Waals surface area contributed by atoms with E-state index in [4.69, 9.17) is 4.74 Å². The summed E-state index contributed by atoms with van der Waals surface area (Å²) in [6.45, 7) is 1.69. The molecule has 0 saturated heterocycles. The number of nitro benzene ring substituents is 2. The first-order valence-corrected chi connectivity index (χ1v) is 7.79. The maximum absolute atomic E-state index is 12.5. The number of esters is 1. The molecule has 2 rings (SSSR count). The zero-order chi connectivity index (χ0) is 20.0. The van der Waals surface area contributed by atoms with Crippen LogP contribution in [0.3, 0.4) is 0 Å². The second-order valence-corrected chi connectivity index (χ2v) is 5.32. The van der Waals surface area contributed by atoms with Crippen LogP contribution in [0.5, 0.6) is 0 Å². The zero-order valence-corrected chi connectivity index (χ0v) is 14.2. The van der Waals surface area contributed by atoms with Gasteiger partial charge in [0.05, 0.1) is 28.1 Å². The summed E-state index contributed by atoms with van der Waals surface area (Å²) >= 11 is 0. The Morgan fingerprint density at radius 3 is 2.07 bits per heavy atom. The van der Waals surface area contributed by atoms with Gasteiger partial charge in [-0.05, 0) is 12.5 Å². The van der Waals surface area contributed by atoms with Crippen LogP contribution >= 0.6 is 0 Å². The minimum Gasteiger partial charge on any atom is -0.464 e. The predicted molar refractivity (Wildman–Crippen MR) is 93.0 cm³/mol. The van der Waals surface area contributed by atoms with E-state index in [1.807, 2.05) is 0 Å². The second kappa shape index (κ2) is 8.52. The standard InChI is InChI=1S/C17H15N3O7/c1-2-27-17(22)15(11-6-4-3-5-7-11)18-16(21)12-8-13(19(23)24)10-14(9-12)20(25)26/h3-10,15H,2H2,1H3,(H,18,21). The van der Waals surface area contributed by atoms with E-state index in [-0.39, 0.29) is 12.2 Å². The molecule has 140 valence electrons. The molecule has 0 heterocycles. The molecule has 10 nitrogen and oxygen atoms in total. The maximum atomic E-state index is 12.5. The fourth-order valence-corrected chi connectivity index (χ4v) is 2.30. The monoisotopic (exact) mass is 373 g/mol. The number of carbonyl (C=O) groups excluding carboxylic acids is 2. The summed E-state index contributed by atoms with van der Waals surface area (Å²) in [5.74, 6) is -1.61. The largest absolute Gasteiger partial charge is 0.464 e. The zero-order valence-electron chi connectivity index (χ0n) is 14.2. The van der Waals surface area contributed by atoms with Crippen molar-refractivity contribution in [2.45, 2.75) is 13.0 Å². The van der Waals surface area contributed by atoms with Crippen molar-refractivity contribution < 1.29 is 24.2 Å². The summed E-state index contributed by atoms with van der Waals surface area (Å²) in [4.78, 5) is 45.0. The number of hydrogen-bond donors (Lipinski definition) is 1. The molecule has 0 radical (unpaired) electrons. The lowest BCUT2D eigenvalue weighted by Gasteiger charge is -2.17. The smallest absolute Gasteiger partial charge is 0.333 e. The molecule has 0 saturated carbocycles. The number of rotatable bonds is 7. The number of benzene rings is 2. The highest BCUT2D eigenvalue weighted by atomic mass is 16.6. The van der Waals surface area contributed by atoms with E-state index >= 15 is 0 Å². The fraction of sp³-hybridized carbons (Fsp3) is 0.176. The SMILES string of the molecule is CCOC(=O)C(NC(=O)c1cc([N+](=O)[O-])cc([N+](=O)[O-])c1)c1ccccc1. The Morgan fingerprint density at radius 1 is 1.04 bits per heavy atom. The molecule has 0 bridgehead atoms. The van der Waals surface area contributed by atoms with Crippen LogP contribution < -0.4 is 5.32 Å². The fourth-order valence-electron chi connectivity index (χ4n) is 2.30. The summed E-state index contributed by atoms with van der Waals surface area (Å²) in [5.41, 5.74) is -1.10. The van der Waals surface area contributed by atoms with Crippen molar-refractivity contribution in [2.24, 2.45) is 0 Å². The van der Waals surface area contributed by atoms with Gasteiger partial charge in [-0.3, -0.25) is 25.0 Å². The second-order valence-electron chi connectivity index (χ2n) is 5.32. The van der Waals surface area contributed by atoms with Gasteiger partial charge in [-0.2, -0.15) is 0 Å². The van der Waals surface area contributed by atoms with Crippen LogP contribution in [0.2, 0.25) is 0 Å². The lowest BCUT2D eigenvalue weighted by Crippen LogP contribution is -2.35. The number of nitrogens with zero attached hydrogens (tertiary/aromatic N) is 2. The highest BCUT2D eigenvalue weighted by Gasteiger charge is 2.26. The normalized spacial score (nSPS) is 11.3. The van der Waals surface area contributed by atoms with Gasteiger partial charge >= 0.3 is 5.97 Å². The average molecular weight is 373 g/mol. The Kier molecular flexibility index (Phi) is 6.15. The van der Waals surface area contributed by atoms with Crippen LogP contribution in [0, 0.1) is 20.2 Å². The van der Waals surface area contributed by atoms with E-state index in [9.17, 15) is 29.8 Å². The average Bonchev–Trinajstić information content (AvgIpc) is 2.66. The predicted octanol–water partition coefficient (Wildman–Crippen LogP) is 2.54. The van der Waals surface area contributed by atoms with Crippen molar-refractivity contribution >= 4 is 23.3 Å². The highest BCUT2D eigenvalue weighted by molar-refractivity contribution is 5.98. The van der Waals surface area contributed by atoms with Crippen LogP contribution in [0.25, 0.3) is 0 Å². The molecule has 1 N–H and O–H groups in total. The molecule has 0 aliphatic heterocycles. The van der Waals surface area contributed by atoms with Crippen molar-refractivity contribution in [1.82, 2.24) is 5.32 Å². The van der Waals surface area contributed by atoms with Gasteiger partial charge in [0.15, 0.2) is 6.04 Å². The van der Waals surface area contributed by atoms with Crippen molar-refractivity contribution in [3.05, 3.63) is 79.9 Å². The van der Waals surface area contributed by atoms with Gasteiger partial charge in [-0.15, -0.1) is 0 Å². The molecule has 0 aliphatic rings. The summed E-state index contributed by atoms with van der Waals surface area (Å²) < 4.78 is 4.95. The molecule has 0 aliphatic carbocycles. The quantitative estimate of drug-likeness (QED) is 0.446. The molecular formula is C17H15N3O7. The summed E-state index contributed by atoms with van der Waals surface area (Å²) in [6.07, 6.45) is 0.